The highest BCUT2D eigenvalue weighted by atomic mass is 16.3. The summed E-state index contributed by atoms with van der Waals surface area (Å²) in [6.07, 6.45) is 6.74. The van der Waals surface area contributed by atoms with E-state index < -0.39 is 0 Å². The average molecular weight is 234 g/mol. The lowest BCUT2D eigenvalue weighted by Gasteiger charge is -2.33. The van der Waals surface area contributed by atoms with Crippen LogP contribution in [0.1, 0.15) is 43.6 Å². The molecule has 17 heavy (non-hydrogen) atoms. The molecule has 0 radical (unpaired) electrons. The predicted octanol–water partition coefficient (Wildman–Crippen LogP) is 2.33. The number of nitrogens with two attached hydrogens (primary N) is 1. The van der Waals surface area contributed by atoms with Crippen molar-refractivity contribution in [1.82, 2.24) is 4.90 Å². The number of hydrogen-bond acceptors (Lipinski definition) is 3. The van der Waals surface area contributed by atoms with Gasteiger partial charge in [0, 0.05) is 30.6 Å². The van der Waals surface area contributed by atoms with Crippen LogP contribution in [0.5, 0.6) is 0 Å². The molecule has 1 fully saturated rings. The van der Waals surface area contributed by atoms with Crippen LogP contribution in [0.4, 0.5) is 0 Å². The van der Waals surface area contributed by atoms with Crippen LogP contribution in [-0.2, 0) is 6.42 Å². The zero-order valence-corrected chi connectivity index (χ0v) is 10.6. The Balaban J connectivity index is 1.82. The second kappa shape index (κ2) is 4.46. The van der Waals surface area contributed by atoms with E-state index in [0.717, 1.165) is 19.5 Å². The second-order valence-corrected chi connectivity index (χ2v) is 5.59. The van der Waals surface area contributed by atoms with Crippen LogP contribution in [0, 0.1) is 5.92 Å². The van der Waals surface area contributed by atoms with Gasteiger partial charge in [-0.25, -0.2) is 0 Å². The van der Waals surface area contributed by atoms with Gasteiger partial charge < -0.3 is 10.2 Å². The molecule has 1 aliphatic heterocycles. The van der Waals surface area contributed by atoms with Crippen LogP contribution < -0.4 is 5.73 Å². The summed E-state index contributed by atoms with van der Waals surface area (Å²) in [6, 6.07) is 3.40. The molecule has 3 rings (SSSR count). The first-order valence-electron chi connectivity index (χ1n) is 6.81. The van der Waals surface area contributed by atoms with E-state index in [-0.39, 0.29) is 0 Å². The summed E-state index contributed by atoms with van der Waals surface area (Å²) in [6.45, 7) is 4.32. The minimum absolute atomic E-state index is 0.573. The molecule has 2 aliphatic rings. The van der Waals surface area contributed by atoms with Crippen LogP contribution >= 0.6 is 0 Å². The van der Waals surface area contributed by atoms with Gasteiger partial charge in [0.2, 0.25) is 0 Å². The first-order valence-corrected chi connectivity index (χ1v) is 6.81. The van der Waals surface area contributed by atoms with Crippen LogP contribution in [0.2, 0.25) is 0 Å². The molecule has 3 unspecified atom stereocenters. The Bertz CT molecular complexity index is 387. The molecule has 1 saturated heterocycles. The highest BCUT2D eigenvalue weighted by molar-refractivity contribution is 5.24. The number of furan rings is 1. The van der Waals surface area contributed by atoms with E-state index in [1.54, 1.807) is 0 Å². The van der Waals surface area contributed by atoms with Crippen molar-refractivity contribution in [3.8, 4) is 0 Å². The first-order chi connectivity index (χ1) is 8.29. The molecule has 0 aromatic carbocycles. The van der Waals surface area contributed by atoms with Gasteiger partial charge in [0.1, 0.15) is 5.76 Å². The average Bonchev–Trinajstić information content (AvgIpc) is 2.94. The summed E-state index contributed by atoms with van der Waals surface area (Å²) in [5.74, 6) is 1.90. The van der Waals surface area contributed by atoms with Crippen LogP contribution in [0.15, 0.2) is 16.7 Å². The van der Waals surface area contributed by atoms with Crippen molar-refractivity contribution in [2.24, 2.45) is 11.7 Å². The summed E-state index contributed by atoms with van der Waals surface area (Å²) in [7, 11) is 0. The molecule has 1 aliphatic carbocycles. The van der Waals surface area contributed by atoms with Gasteiger partial charge in [0.25, 0.3) is 0 Å². The number of nitrogens with zero attached hydrogens (tertiary/aromatic N) is 1. The minimum atomic E-state index is 0.573. The Morgan fingerprint density at radius 1 is 1.53 bits per heavy atom. The van der Waals surface area contributed by atoms with Gasteiger partial charge in [0.05, 0.1) is 6.26 Å². The molecule has 1 aromatic rings. The highest BCUT2D eigenvalue weighted by Gasteiger charge is 2.36. The number of rotatable bonds is 2. The zero-order chi connectivity index (χ0) is 11.8. The van der Waals surface area contributed by atoms with Crippen molar-refractivity contribution in [3.05, 3.63) is 23.7 Å². The maximum Gasteiger partial charge on any atom is 0.108 e. The molecule has 94 valence electrons. The molecule has 3 nitrogen and oxygen atoms in total. The lowest BCUT2D eigenvalue weighted by molar-refractivity contribution is 0.166. The summed E-state index contributed by atoms with van der Waals surface area (Å²) >= 11 is 0. The van der Waals surface area contributed by atoms with Crippen LogP contribution in [0.3, 0.4) is 0 Å². The molecular formula is C14H22N2O. The Kier molecular flexibility index (Phi) is 2.97. The van der Waals surface area contributed by atoms with E-state index in [9.17, 15) is 0 Å². The second-order valence-electron chi connectivity index (χ2n) is 5.59. The normalized spacial score (nSPS) is 33.9. The molecule has 2 heterocycles. The smallest absolute Gasteiger partial charge is 0.108 e. The molecule has 0 saturated carbocycles. The van der Waals surface area contributed by atoms with Gasteiger partial charge in [-0.2, -0.15) is 0 Å². The third-order valence-corrected chi connectivity index (χ3v) is 4.46. The van der Waals surface area contributed by atoms with Crippen molar-refractivity contribution in [3.63, 3.8) is 0 Å². The van der Waals surface area contributed by atoms with Gasteiger partial charge in [-0.1, -0.05) is 0 Å². The summed E-state index contributed by atoms with van der Waals surface area (Å²) in [5, 5.41) is 0. The monoisotopic (exact) mass is 234 g/mol. The maximum absolute atomic E-state index is 5.82. The van der Waals surface area contributed by atoms with E-state index in [1.165, 1.54) is 30.6 Å². The third-order valence-electron chi connectivity index (χ3n) is 4.46. The van der Waals surface area contributed by atoms with E-state index in [0.29, 0.717) is 18.0 Å². The minimum Gasteiger partial charge on any atom is -0.469 e. The van der Waals surface area contributed by atoms with Gasteiger partial charge in [-0.15, -0.1) is 0 Å². The quantitative estimate of drug-likeness (QED) is 0.854. The van der Waals surface area contributed by atoms with Crippen molar-refractivity contribution < 1.29 is 4.42 Å². The molecule has 3 heteroatoms. The summed E-state index contributed by atoms with van der Waals surface area (Å²) in [4.78, 5) is 2.64. The van der Waals surface area contributed by atoms with E-state index >= 15 is 0 Å². The zero-order valence-electron chi connectivity index (χ0n) is 10.6. The summed E-state index contributed by atoms with van der Waals surface area (Å²) in [5.41, 5.74) is 7.25. The van der Waals surface area contributed by atoms with Crippen molar-refractivity contribution in [2.45, 2.75) is 44.7 Å². The lowest BCUT2D eigenvalue weighted by atomic mass is 9.92. The fourth-order valence-corrected chi connectivity index (χ4v) is 3.58. The Hall–Kier alpha value is -0.800. The SMILES string of the molecule is CC1CC(CN)CN1C1CCCc2occc21. The standard InChI is InChI=1S/C14H22N2O/c1-10-7-11(8-15)9-16(10)13-3-2-4-14-12(13)5-6-17-14/h5-6,10-11,13H,2-4,7-9,15H2,1H3. The van der Waals surface area contributed by atoms with Gasteiger partial charge in [-0.05, 0) is 44.7 Å². The van der Waals surface area contributed by atoms with Gasteiger partial charge in [-0.3, -0.25) is 4.90 Å². The maximum atomic E-state index is 5.82. The molecule has 0 spiro atoms. The van der Waals surface area contributed by atoms with Crippen LogP contribution in [-0.4, -0.2) is 24.0 Å². The Morgan fingerprint density at radius 2 is 2.41 bits per heavy atom. The van der Waals surface area contributed by atoms with Gasteiger partial charge >= 0.3 is 0 Å². The molecule has 0 amide bonds. The molecular weight excluding hydrogens is 212 g/mol. The fourth-order valence-electron chi connectivity index (χ4n) is 3.58. The molecule has 3 atom stereocenters. The molecule has 2 N–H and O–H groups in total. The van der Waals surface area contributed by atoms with Gasteiger partial charge in [0.15, 0.2) is 0 Å². The number of fused-ring (bicyclic) bond motifs is 1. The topological polar surface area (TPSA) is 42.4 Å². The highest BCUT2D eigenvalue weighted by Crippen LogP contribution is 2.39. The van der Waals surface area contributed by atoms with E-state index in [2.05, 4.69) is 17.9 Å². The largest absolute Gasteiger partial charge is 0.469 e. The fraction of sp³-hybridized carbons (Fsp3) is 0.714. The van der Waals surface area contributed by atoms with E-state index in [4.69, 9.17) is 10.2 Å². The summed E-state index contributed by atoms with van der Waals surface area (Å²) < 4.78 is 5.58. The molecule has 0 bridgehead atoms. The lowest BCUT2D eigenvalue weighted by Crippen LogP contribution is -2.34. The van der Waals surface area contributed by atoms with Crippen molar-refractivity contribution in [1.29, 1.82) is 0 Å². The number of likely N-dealkylation sites (tertiary alicyclic amines) is 1. The first kappa shape index (κ1) is 11.3. The number of aryl methyl sites for hydroxylation is 1. The third kappa shape index (κ3) is 1.91. The van der Waals surface area contributed by atoms with E-state index in [1.807, 2.05) is 6.26 Å². The van der Waals surface area contributed by atoms with Crippen molar-refractivity contribution in [2.75, 3.05) is 13.1 Å². The number of hydrogen-bond donors (Lipinski definition) is 1. The molecule has 1 aromatic heterocycles. The Labute approximate surface area is 103 Å². The Morgan fingerprint density at radius 3 is 3.18 bits per heavy atom. The van der Waals surface area contributed by atoms with Crippen molar-refractivity contribution >= 4 is 0 Å². The van der Waals surface area contributed by atoms with Crippen LogP contribution in [0.25, 0.3) is 0 Å². The predicted molar refractivity (Wildman–Crippen MR) is 67.7 cm³/mol.